The van der Waals surface area contributed by atoms with Gasteiger partial charge in [-0.25, -0.2) is 4.79 Å². The maximum atomic E-state index is 12.7. The third-order valence-electron chi connectivity index (χ3n) is 7.03. The Morgan fingerprint density at radius 1 is 1.21 bits per heavy atom. The van der Waals surface area contributed by atoms with Crippen LogP contribution in [0.2, 0.25) is 18.1 Å². The maximum Gasteiger partial charge on any atom is 0.410 e. The molecule has 0 aromatic heterocycles. The number of hydrogen-bond donors (Lipinski definition) is 0. The first-order chi connectivity index (χ1) is 13.6. The number of benzene rings is 1. The Hall–Kier alpha value is -1.66. The van der Waals surface area contributed by atoms with E-state index in [9.17, 15) is 9.59 Å². The third-order valence-corrected chi connectivity index (χ3v) is 11.6. The molecular weight excluding hydrogens is 382 g/mol. The van der Waals surface area contributed by atoms with Gasteiger partial charge in [-0.05, 0) is 48.4 Å². The van der Waals surface area contributed by atoms with Crippen LogP contribution in [-0.2, 0) is 20.6 Å². The van der Waals surface area contributed by atoms with Crippen molar-refractivity contribution in [2.45, 2.75) is 70.8 Å². The topological polar surface area (TPSA) is 55.8 Å². The number of amides is 1. The molecule has 1 aliphatic heterocycles. The van der Waals surface area contributed by atoms with Crippen molar-refractivity contribution in [3.05, 3.63) is 35.9 Å². The predicted octanol–water partition coefficient (Wildman–Crippen LogP) is 5.01. The van der Waals surface area contributed by atoms with Crippen LogP contribution in [-0.4, -0.2) is 44.3 Å². The minimum atomic E-state index is -1.79. The molecular formula is C23H35NO4Si. The van der Waals surface area contributed by atoms with Crippen molar-refractivity contribution in [1.29, 1.82) is 0 Å². The van der Waals surface area contributed by atoms with E-state index >= 15 is 0 Å². The van der Waals surface area contributed by atoms with Crippen molar-refractivity contribution < 1.29 is 18.8 Å². The highest BCUT2D eigenvalue weighted by Crippen LogP contribution is 2.42. The van der Waals surface area contributed by atoms with Crippen LogP contribution in [0, 0.1) is 11.8 Å². The van der Waals surface area contributed by atoms with E-state index in [1.807, 2.05) is 30.3 Å². The number of nitrogens with zero attached hydrogens (tertiary/aromatic N) is 1. The molecule has 1 aliphatic carbocycles. The Bertz CT molecular complexity index is 728. The zero-order valence-electron chi connectivity index (χ0n) is 18.4. The average molecular weight is 418 g/mol. The Morgan fingerprint density at radius 3 is 2.55 bits per heavy atom. The van der Waals surface area contributed by atoms with Crippen molar-refractivity contribution in [3.8, 4) is 0 Å². The van der Waals surface area contributed by atoms with Crippen LogP contribution in [0.4, 0.5) is 4.79 Å². The fourth-order valence-corrected chi connectivity index (χ4v) is 5.29. The highest BCUT2D eigenvalue weighted by Gasteiger charge is 2.51. The molecule has 2 fully saturated rings. The number of carbonyl (C=O) groups is 2. The summed E-state index contributed by atoms with van der Waals surface area (Å²) in [6.07, 6.45) is 1.96. The molecule has 0 unspecified atom stereocenters. The number of ketones is 1. The van der Waals surface area contributed by atoms with Gasteiger partial charge in [-0.3, -0.25) is 9.69 Å². The second-order valence-corrected chi connectivity index (χ2v) is 14.8. The summed E-state index contributed by atoms with van der Waals surface area (Å²) in [4.78, 5) is 26.9. The molecule has 29 heavy (non-hydrogen) atoms. The van der Waals surface area contributed by atoms with Gasteiger partial charge in [-0.15, -0.1) is 0 Å². The molecule has 1 saturated carbocycles. The minimum absolute atomic E-state index is 0.180. The van der Waals surface area contributed by atoms with Gasteiger partial charge in [0, 0.05) is 19.6 Å². The van der Waals surface area contributed by atoms with Crippen LogP contribution in [0.25, 0.3) is 0 Å². The number of fused-ring (bicyclic) bond motifs is 1. The summed E-state index contributed by atoms with van der Waals surface area (Å²) in [5.74, 6) is 0.731. The van der Waals surface area contributed by atoms with Crippen LogP contribution in [0.15, 0.2) is 30.3 Å². The molecule has 0 spiro atoms. The molecule has 6 heteroatoms. The lowest BCUT2D eigenvalue weighted by Gasteiger charge is -2.36. The number of likely N-dealkylation sites (tertiary alicyclic amines) is 1. The molecule has 1 amide bonds. The fourth-order valence-electron chi connectivity index (χ4n) is 4.23. The molecule has 2 aliphatic rings. The molecule has 3 atom stereocenters. The molecule has 160 valence electrons. The predicted molar refractivity (Wildman–Crippen MR) is 116 cm³/mol. The number of rotatable bonds is 6. The smallest absolute Gasteiger partial charge is 0.410 e. The van der Waals surface area contributed by atoms with E-state index < -0.39 is 8.32 Å². The van der Waals surface area contributed by atoms with E-state index in [0.29, 0.717) is 25.5 Å². The van der Waals surface area contributed by atoms with E-state index in [0.717, 1.165) is 18.4 Å². The van der Waals surface area contributed by atoms with Crippen LogP contribution >= 0.6 is 0 Å². The van der Waals surface area contributed by atoms with Gasteiger partial charge in [0.15, 0.2) is 14.1 Å². The summed E-state index contributed by atoms with van der Waals surface area (Å²) in [7, 11) is -1.79. The molecule has 0 radical (unpaired) electrons. The first kappa shape index (κ1) is 22.0. The van der Waals surface area contributed by atoms with E-state index in [1.165, 1.54) is 0 Å². The van der Waals surface area contributed by atoms with Gasteiger partial charge in [0.1, 0.15) is 6.61 Å². The van der Waals surface area contributed by atoms with Crippen LogP contribution in [0.1, 0.15) is 45.6 Å². The van der Waals surface area contributed by atoms with Crippen molar-refractivity contribution in [2.24, 2.45) is 11.8 Å². The van der Waals surface area contributed by atoms with Gasteiger partial charge in [-0.1, -0.05) is 51.1 Å². The maximum absolute atomic E-state index is 12.7. The Morgan fingerprint density at radius 2 is 1.90 bits per heavy atom. The third kappa shape index (κ3) is 4.91. The first-order valence-electron chi connectivity index (χ1n) is 10.7. The zero-order chi connectivity index (χ0) is 21.2. The van der Waals surface area contributed by atoms with Gasteiger partial charge >= 0.3 is 6.09 Å². The second-order valence-electron chi connectivity index (χ2n) is 9.96. The summed E-state index contributed by atoms with van der Waals surface area (Å²) >= 11 is 0. The van der Waals surface area contributed by atoms with Crippen molar-refractivity contribution >= 4 is 20.2 Å². The highest BCUT2D eigenvalue weighted by atomic mass is 28.4. The molecule has 1 saturated heterocycles. The standard InChI is InChI=1S/C23H35NO4Si/c1-23(2,3)29(4,5)28-14-13-18-15-24(21-19(18)11-12-20(21)25)22(26)27-16-17-9-7-6-8-10-17/h6-10,18-19,21H,11-16H2,1-5H3/t18-,19-,21+/m0/s1. The lowest BCUT2D eigenvalue weighted by atomic mass is 9.90. The van der Waals surface area contributed by atoms with Gasteiger partial charge in [0.05, 0.1) is 6.04 Å². The van der Waals surface area contributed by atoms with E-state index in [4.69, 9.17) is 9.16 Å². The minimum Gasteiger partial charge on any atom is -0.445 e. The lowest BCUT2D eigenvalue weighted by molar-refractivity contribution is -0.121. The SMILES string of the molecule is CC(C)(C)[Si](C)(C)OCC[C@H]1CN(C(=O)OCc2ccccc2)[C@H]2C(=O)CC[C@@H]12. The monoisotopic (exact) mass is 417 g/mol. The number of Topliss-reactive ketones (excluding diaryl/α,β-unsaturated/α-hetero) is 1. The largest absolute Gasteiger partial charge is 0.445 e. The Kier molecular flexibility index (Phi) is 6.53. The summed E-state index contributed by atoms with van der Waals surface area (Å²) in [6.45, 7) is 12.8. The molecule has 1 heterocycles. The van der Waals surface area contributed by atoms with Gasteiger partial charge in [-0.2, -0.15) is 0 Å². The summed E-state index contributed by atoms with van der Waals surface area (Å²) in [6, 6.07) is 9.34. The van der Waals surface area contributed by atoms with Crippen molar-refractivity contribution in [2.75, 3.05) is 13.2 Å². The molecule has 1 aromatic rings. The Labute approximate surface area is 175 Å². The van der Waals surface area contributed by atoms with Gasteiger partial charge in [0.2, 0.25) is 0 Å². The molecule has 0 bridgehead atoms. The molecule has 1 aromatic carbocycles. The Balaban J connectivity index is 1.58. The van der Waals surface area contributed by atoms with Crippen molar-refractivity contribution in [1.82, 2.24) is 4.90 Å². The lowest BCUT2D eigenvalue weighted by Crippen LogP contribution is -2.41. The number of ether oxygens (including phenoxy) is 1. The van der Waals surface area contributed by atoms with Crippen LogP contribution < -0.4 is 0 Å². The quantitative estimate of drug-likeness (QED) is 0.610. The first-order valence-corrected chi connectivity index (χ1v) is 13.6. The van der Waals surface area contributed by atoms with E-state index in [-0.39, 0.29) is 35.5 Å². The molecule has 5 nitrogen and oxygen atoms in total. The van der Waals surface area contributed by atoms with E-state index in [1.54, 1.807) is 4.90 Å². The van der Waals surface area contributed by atoms with Crippen LogP contribution in [0.5, 0.6) is 0 Å². The summed E-state index contributed by atoms with van der Waals surface area (Å²) in [5.41, 5.74) is 0.952. The zero-order valence-corrected chi connectivity index (χ0v) is 19.4. The fraction of sp³-hybridized carbons (Fsp3) is 0.652. The average Bonchev–Trinajstić information content (AvgIpc) is 3.21. The van der Waals surface area contributed by atoms with E-state index in [2.05, 4.69) is 33.9 Å². The number of hydrogen-bond acceptors (Lipinski definition) is 4. The number of carbonyl (C=O) groups excluding carboxylic acids is 2. The van der Waals surface area contributed by atoms with Gasteiger partial charge < -0.3 is 9.16 Å². The molecule has 3 rings (SSSR count). The second kappa shape index (κ2) is 8.60. The molecule has 0 N–H and O–H groups in total. The van der Waals surface area contributed by atoms with Gasteiger partial charge in [0.25, 0.3) is 0 Å². The normalized spacial score (nSPS) is 24.7. The summed E-state index contributed by atoms with van der Waals surface area (Å²) < 4.78 is 11.9. The highest BCUT2D eigenvalue weighted by molar-refractivity contribution is 6.74. The van der Waals surface area contributed by atoms with Crippen LogP contribution in [0.3, 0.4) is 0 Å². The summed E-state index contributed by atoms with van der Waals surface area (Å²) in [5, 5.41) is 0.182. The van der Waals surface area contributed by atoms with Crippen molar-refractivity contribution in [3.63, 3.8) is 0 Å².